The molecule has 1 atom stereocenters. The lowest BCUT2D eigenvalue weighted by molar-refractivity contribution is -0.638. The average molecular weight is 413 g/mol. The summed E-state index contributed by atoms with van der Waals surface area (Å²) in [5, 5.41) is 4.44. The van der Waals surface area contributed by atoms with Crippen LogP contribution in [0, 0.1) is 11.6 Å². The molecule has 1 fully saturated rings. The summed E-state index contributed by atoms with van der Waals surface area (Å²) in [5.74, 6) is -2.89. The van der Waals surface area contributed by atoms with Gasteiger partial charge in [0.1, 0.15) is 17.0 Å². The maximum atomic E-state index is 13.4. The Kier molecular flexibility index (Phi) is 4.40. The molecule has 1 unspecified atom stereocenters. The topological polar surface area (TPSA) is 106 Å². The van der Waals surface area contributed by atoms with Gasteiger partial charge >= 0.3 is 0 Å². The fourth-order valence-electron chi connectivity index (χ4n) is 3.60. The molecule has 150 valence electrons. The van der Waals surface area contributed by atoms with E-state index in [1.54, 1.807) is 0 Å². The molecule has 1 aromatic carbocycles. The van der Waals surface area contributed by atoms with Gasteiger partial charge in [-0.1, -0.05) is 0 Å². The summed E-state index contributed by atoms with van der Waals surface area (Å²) in [7, 11) is -2.39. The third-order valence-electron chi connectivity index (χ3n) is 4.99. The van der Waals surface area contributed by atoms with Crippen molar-refractivity contribution in [3.05, 3.63) is 41.7 Å². The lowest BCUT2D eigenvalue weighted by Crippen LogP contribution is -2.83. The number of rotatable bonds is 2. The Morgan fingerprint density at radius 1 is 1.36 bits per heavy atom. The van der Waals surface area contributed by atoms with Crippen molar-refractivity contribution in [2.24, 2.45) is 7.05 Å². The number of aryl methyl sites for hydroxylation is 1. The predicted molar refractivity (Wildman–Crippen MR) is 94.5 cm³/mol. The number of carbonyl (C=O) groups excluding carboxylic acids is 1. The van der Waals surface area contributed by atoms with Gasteiger partial charge in [0.2, 0.25) is 10.0 Å². The zero-order valence-corrected chi connectivity index (χ0v) is 15.8. The number of aromatic nitrogens is 1. The van der Waals surface area contributed by atoms with E-state index >= 15 is 0 Å². The molecule has 1 amide bonds. The van der Waals surface area contributed by atoms with Crippen molar-refractivity contribution in [1.29, 1.82) is 0 Å². The molecule has 2 aliphatic rings. The van der Waals surface area contributed by atoms with E-state index in [1.165, 1.54) is 23.9 Å². The van der Waals surface area contributed by atoms with Gasteiger partial charge in [-0.25, -0.2) is 17.2 Å². The largest absolute Gasteiger partial charge is 0.487 e. The first kappa shape index (κ1) is 18.8. The van der Waals surface area contributed by atoms with Crippen LogP contribution in [0.3, 0.4) is 0 Å². The normalized spacial score (nSPS) is 23.1. The van der Waals surface area contributed by atoms with E-state index in [0.717, 1.165) is 18.7 Å². The molecule has 8 nitrogen and oxygen atoms in total. The lowest BCUT2D eigenvalue weighted by Gasteiger charge is -2.23. The Balaban J connectivity index is 1.69. The van der Waals surface area contributed by atoms with Crippen LogP contribution < -0.4 is 20.1 Å². The van der Waals surface area contributed by atoms with Gasteiger partial charge in [0, 0.05) is 31.4 Å². The molecule has 3 heterocycles. The number of hydrogen-bond acceptors (Lipinski definition) is 4. The quantitative estimate of drug-likeness (QED) is 0.641. The van der Waals surface area contributed by atoms with E-state index in [-0.39, 0.29) is 28.6 Å². The summed E-state index contributed by atoms with van der Waals surface area (Å²) in [6, 6.07) is 2.94. The molecule has 11 heteroatoms. The minimum Gasteiger partial charge on any atom is -0.487 e. The van der Waals surface area contributed by atoms with Crippen molar-refractivity contribution in [3.8, 4) is 5.75 Å². The Bertz CT molecular complexity index is 1060. The van der Waals surface area contributed by atoms with E-state index < -0.39 is 33.1 Å². The van der Waals surface area contributed by atoms with E-state index in [1.807, 2.05) is 5.32 Å². The molecule has 0 saturated carbocycles. The lowest BCUT2D eigenvalue weighted by atomic mass is 10.0. The van der Waals surface area contributed by atoms with Crippen molar-refractivity contribution < 1.29 is 32.0 Å². The Labute approximate surface area is 159 Å². The number of hydrogen-bond donors (Lipinski definition) is 3. The standard InChI is InChI=1S/C17H18F2N4O4S/c1-23-7-13-15(27-9-17(4-5-20-8-17)22-28(13,25)26)14(23)16(24)21-10-2-3-11(18)12(19)6-10/h2-3,6-7,20,22H,4-5,8-9H2,1H3,(H,21,24)/p+1. The highest BCUT2D eigenvalue weighted by Crippen LogP contribution is 2.35. The molecule has 0 aliphatic carbocycles. The smallest absolute Gasteiger partial charge is 0.276 e. The molecule has 0 bridgehead atoms. The minimum atomic E-state index is -3.90. The van der Waals surface area contributed by atoms with Gasteiger partial charge in [0.05, 0.1) is 13.1 Å². The first-order valence-corrected chi connectivity index (χ1v) is 10.1. The van der Waals surface area contributed by atoms with E-state index in [9.17, 15) is 22.0 Å². The van der Waals surface area contributed by atoms with Crippen LogP contribution in [0.2, 0.25) is 0 Å². The van der Waals surface area contributed by atoms with Gasteiger partial charge in [-0.2, -0.15) is 4.72 Å². The number of nitrogens with two attached hydrogens (primary N) is 1. The van der Waals surface area contributed by atoms with Crippen LogP contribution in [-0.2, 0) is 17.1 Å². The molecule has 4 rings (SSSR count). The maximum Gasteiger partial charge on any atom is 0.276 e. The second kappa shape index (κ2) is 6.54. The summed E-state index contributed by atoms with van der Waals surface area (Å²) in [4.78, 5) is 12.6. The fourth-order valence-corrected chi connectivity index (χ4v) is 5.22. The van der Waals surface area contributed by atoms with Crippen LogP contribution in [0.25, 0.3) is 0 Å². The molecule has 1 aromatic heterocycles. The number of carbonyl (C=O) groups is 1. The summed E-state index contributed by atoms with van der Waals surface area (Å²) in [6.07, 6.45) is 1.91. The minimum absolute atomic E-state index is 0.0239. The molecule has 4 N–H and O–H groups in total. The highest BCUT2D eigenvalue weighted by molar-refractivity contribution is 7.89. The number of halogens is 2. The van der Waals surface area contributed by atoms with Crippen LogP contribution in [0.5, 0.6) is 5.75 Å². The molecule has 0 radical (unpaired) electrons. The van der Waals surface area contributed by atoms with Crippen molar-refractivity contribution in [3.63, 3.8) is 0 Å². The van der Waals surface area contributed by atoms with Gasteiger partial charge in [-0.3, -0.25) is 4.79 Å². The van der Waals surface area contributed by atoms with Crippen LogP contribution in [0.4, 0.5) is 14.5 Å². The molecular formula is C17H19F2N4O4S+. The zero-order chi connectivity index (χ0) is 20.1. The maximum absolute atomic E-state index is 13.4. The number of nitrogens with zero attached hydrogens (tertiary/aromatic N) is 1. The Morgan fingerprint density at radius 2 is 2.14 bits per heavy atom. The Hall–Kier alpha value is -2.50. The molecule has 1 saturated heterocycles. The van der Waals surface area contributed by atoms with Crippen molar-refractivity contribution in [2.45, 2.75) is 16.9 Å². The van der Waals surface area contributed by atoms with E-state index in [0.29, 0.717) is 13.0 Å². The number of sulfonamides is 1. The second-order valence-electron chi connectivity index (χ2n) is 7.07. The van der Waals surface area contributed by atoms with Crippen molar-refractivity contribution in [2.75, 3.05) is 25.0 Å². The monoisotopic (exact) mass is 413 g/mol. The van der Waals surface area contributed by atoms with Crippen molar-refractivity contribution >= 4 is 21.6 Å². The number of quaternary nitrogens is 1. The molecule has 2 aromatic rings. The van der Waals surface area contributed by atoms with Gasteiger partial charge in [-0.05, 0) is 12.1 Å². The number of amides is 1. The first-order chi connectivity index (χ1) is 13.2. The highest BCUT2D eigenvalue weighted by atomic mass is 32.2. The number of nitrogens with one attached hydrogen (secondary N) is 2. The number of fused-ring (bicyclic) bond motifs is 1. The number of benzene rings is 1. The van der Waals surface area contributed by atoms with Crippen LogP contribution in [0.1, 0.15) is 16.9 Å². The van der Waals surface area contributed by atoms with E-state index in [2.05, 4.69) is 10.0 Å². The zero-order valence-electron chi connectivity index (χ0n) is 15.0. The van der Waals surface area contributed by atoms with Crippen LogP contribution >= 0.6 is 0 Å². The van der Waals surface area contributed by atoms with Gasteiger partial charge in [0.25, 0.3) is 5.91 Å². The first-order valence-electron chi connectivity index (χ1n) is 8.65. The molecular weight excluding hydrogens is 394 g/mol. The van der Waals surface area contributed by atoms with Gasteiger partial charge in [0.15, 0.2) is 23.1 Å². The van der Waals surface area contributed by atoms with Crippen LogP contribution in [-0.4, -0.2) is 44.1 Å². The van der Waals surface area contributed by atoms with Gasteiger partial charge in [-0.15, -0.1) is 0 Å². The van der Waals surface area contributed by atoms with Crippen LogP contribution in [0.15, 0.2) is 29.3 Å². The second-order valence-corrected chi connectivity index (χ2v) is 8.72. The highest BCUT2D eigenvalue weighted by Gasteiger charge is 2.46. The average Bonchev–Trinajstić information content (AvgIpc) is 3.18. The van der Waals surface area contributed by atoms with Crippen molar-refractivity contribution in [1.82, 2.24) is 9.29 Å². The summed E-state index contributed by atoms with van der Waals surface area (Å²) in [5.41, 5.74) is -0.712. The molecule has 2 aliphatic heterocycles. The third-order valence-corrected chi connectivity index (χ3v) is 6.56. The molecule has 1 spiro atoms. The third kappa shape index (κ3) is 3.15. The number of ether oxygens (including phenoxy) is 1. The van der Waals surface area contributed by atoms with Gasteiger partial charge < -0.3 is 19.9 Å². The summed E-state index contributed by atoms with van der Waals surface area (Å²) >= 11 is 0. The molecule has 28 heavy (non-hydrogen) atoms. The summed E-state index contributed by atoms with van der Waals surface area (Å²) < 4.78 is 62.0. The van der Waals surface area contributed by atoms with E-state index in [4.69, 9.17) is 4.74 Å². The SMILES string of the molecule is Cn1cc2c(c1C(=O)Nc1ccc(F)c(F)c1)OCC1(CC[NH2+]C1)NS2(=O)=O. The predicted octanol–water partition coefficient (Wildman–Crippen LogP) is -0.0678. The fraction of sp³-hybridized carbons (Fsp3) is 0.353. The Morgan fingerprint density at radius 3 is 2.82 bits per heavy atom. The summed E-state index contributed by atoms with van der Waals surface area (Å²) in [6.45, 7) is 1.40. The number of anilines is 1.